The lowest BCUT2D eigenvalue weighted by Gasteiger charge is -2.17. The van der Waals surface area contributed by atoms with E-state index < -0.39 is 0 Å². The lowest BCUT2D eigenvalue weighted by Crippen LogP contribution is -2.25. The molecule has 0 aliphatic carbocycles. The van der Waals surface area contributed by atoms with E-state index in [1.165, 1.54) is 0 Å². The molecule has 3 N–H and O–H groups in total. The number of aromatic amines is 1. The van der Waals surface area contributed by atoms with Crippen LogP contribution in [0.3, 0.4) is 0 Å². The van der Waals surface area contributed by atoms with Gasteiger partial charge >= 0.3 is 0 Å². The van der Waals surface area contributed by atoms with Crippen molar-refractivity contribution in [2.75, 3.05) is 18.0 Å². The van der Waals surface area contributed by atoms with Crippen LogP contribution in [0, 0.1) is 5.92 Å². The van der Waals surface area contributed by atoms with Crippen LogP contribution in [-0.2, 0) is 4.79 Å². The molecule has 0 radical (unpaired) electrons. The van der Waals surface area contributed by atoms with Gasteiger partial charge in [-0.3, -0.25) is 9.89 Å². The Morgan fingerprint density at radius 2 is 2.41 bits per heavy atom. The van der Waals surface area contributed by atoms with Gasteiger partial charge in [0, 0.05) is 18.4 Å². The Labute approximate surface area is 98.6 Å². The highest BCUT2D eigenvalue weighted by Gasteiger charge is 2.30. The van der Waals surface area contributed by atoms with Gasteiger partial charge in [0.2, 0.25) is 5.91 Å². The van der Waals surface area contributed by atoms with Crippen molar-refractivity contribution in [3.05, 3.63) is 24.4 Å². The number of aromatic nitrogens is 2. The molecule has 0 bridgehead atoms. The fraction of sp³-hybridized carbons (Fsp3) is 0.333. The number of anilines is 1. The van der Waals surface area contributed by atoms with Gasteiger partial charge in [-0.05, 0) is 24.6 Å². The topological polar surface area (TPSA) is 75.0 Å². The molecule has 1 amide bonds. The van der Waals surface area contributed by atoms with Crippen molar-refractivity contribution < 1.29 is 4.79 Å². The second kappa shape index (κ2) is 3.85. The molecule has 1 unspecified atom stereocenters. The summed E-state index contributed by atoms with van der Waals surface area (Å²) in [6.07, 6.45) is 2.30. The number of nitrogens with one attached hydrogen (secondary N) is 1. The molecule has 1 saturated heterocycles. The van der Waals surface area contributed by atoms with Crippen LogP contribution in [-0.4, -0.2) is 29.2 Å². The molecule has 5 heteroatoms. The molecule has 0 spiro atoms. The van der Waals surface area contributed by atoms with Crippen LogP contribution in [0.4, 0.5) is 5.69 Å². The van der Waals surface area contributed by atoms with Crippen molar-refractivity contribution in [3.63, 3.8) is 0 Å². The summed E-state index contributed by atoms with van der Waals surface area (Å²) in [4.78, 5) is 13.8. The number of hydrogen-bond donors (Lipinski definition) is 2. The summed E-state index contributed by atoms with van der Waals surface area (Å²) in [7, 11) is 0. The second-order valence-electron chi connectivity index (χ2n) is 4.42. The van der Waals surface area contributed by atoms with Gasteiger partial charge in [0.25, 0.3) is 0 Å². The van der Waals surface area contributed by atoms with Crippen molar-refractivity contribution in [2.24, 2.45) is 11.7 Å². The SMILES string of the molecule is NCC1CC(=O)N(c2cccc3[nH]ncc23)C1. The first-order chi connectivity index (χ1) is 8.29. The zero-order valence-corrected chi connectivity index (χ0v) is 9.39. The number of benzene rings is 1. The molecule has 1 fully saturated rings. The zero-order valence-electron chi connectivity index (χ0n) is 9.39. The molecule has 1 aliphatic heterocycles. The molecule has 2 heterocycles. The molecule has 88 valence electrons. The van der Waals surface area contributed by atoms with E-state index in [1.54, 1.807) is 6.20 Å². The minimum absolute atomic E-state index is 0.147. The van der Waals surface area contributed by atoms with Gasteiger partial charge in [0.1, 0.15) is 0 Å². The third-order valence-electron chi connectivity index (χ3n) is 3.29. The maximum atomic E-state index is 11.9. The number of hydrogen-bond acceptors (Lipinski definition) is 3. The van der Waals surface area contributed by atoms with E-state index in [0.29, 0.717) is 19.5 Å². The molecule has 17 heavy (non-hydrogen) atoms. The Morgan fingerprint density at radius 3 is 3.18 bits per heavy atom. The van der Waals surface area contributed by atoms with E-state index in [1.807, 2.05) is 23.1 Å². The molecule has 0 saturated carbocycles. The first-order valence-corrected chi connectivity index (χ1v) is 5.72. The van der Waals surface area contributed by atoms with Gasteiger partial charge < -0.3 is 10.6 Å². The van der Waals surface area contributed by atoms with Gasteiger partial charge in [-0.2, -0.15) is 5.10 Å². The number of rotatable bonds is 2. The van der Waals surface area contributed by atoms with Gasteiger partial charge in [-0.15, -0.1) is 0 Å². The number of nitrogens with zero attached hydrogens (tertiary/aromatic N) is 2. The average Bonchev–Trinajstić information content (AvgIpc) is 2.94. The van der Waals surface area contributed by atoms with Crippen LogP contribution in [0.5, 0.6) is 0 Å². The van der Waals surface area contributed by atoms with Crippen molar-refractivity contribution in [1.82, 2.24) is 10.2 Å². The summed E-state index contributed by atoms with van der Waals surface area (Å²) in [6.45, 7) is 1.27. The Morgan fingerprint density at radius 1 is 1.53 bits per heavy atom. The van der Waals surface area contributed by atoms with Crippen molar-refractivity contribution >= 4 is 22.5 Å². The number of nitrogens with two attached hydrogens (primary N) is 1. The van der Waals surface area contributed by atoms with Gasteiger partial charge in [0.05, 0.1) is 17.4 Å². The fourth-order valence-electron chi connectivity index (χ4n) is 2.36. The third-order valence-corrected chi connectivity index (χ3v) is 3.29. The number of carbonyl (C=O) groups is 1. The summed E-state index contributed by atoms with van der Waals surface area (Å²) < 4.78 is 0. The predicted molar refractivity (Wildman–Crippen MR) is 65.6 cm³/mol. The summed E-state index contributed by atoms with van der Waals surface area (Å²) in [5.41, 5.74) is 7.51. The Bertz CT molecular complexity index is 562. The molecule has 1 aliphatic rings. The molecule has 2 aromatic rings. The lowest BCUT2D eigenvalue weighted by molar-refractivity contribution is -0.117. The van der Waals surface area contributed by atoms with Crippen LogP contribution >= 0.6 is 0 Å². The highest BCUT2D eigenvalue weighted by atomic mass is 16.2. The number of fused-ring (bicyclic) bond motifs is 1. The van der Waals surface area contributed by atoms with Gasteiger partial charge in [0.15, 0.2) is 0 Å². The maximum absolute atomic E-state index is 11.9. The van der Waals surface area contributed by atoms with E-state index in [0.717, 1.165) is 16.6 Å². The van der Waals surface area contributed by atoms with Gasteiger partial charge in [-0.25, -0.2) is 0 Å². The minimum Gasteiger partial charge on any atom is -0.330 e. The molecule has 1 atom stereocenters. The summed E-state index contributed by atoms with van der Waals surface area (Å²) in [5.74, 6) is 0.416. The lowest BCUT2D eigenvalue weighted by atomic mass is 10.1. The summed E-state index contributed by atoms with van der Waals surface area (Å²) in [6, 6.07) is 5.83. The Kier molecular flexibility index (Phi) is 2.33. The molecule has 1 aromatic carbocycles. The molecule has 3 rings (SSSR count). The van der Waals surface area contributed by atoms with E-state index in [2.05, 4.69) is 10.2 Å². The maximum Gasteiger partial charge on any atom is 0.227 e. The highest BCUT2D eigenvalue weighted by Crippen LogP contribution is 2.30. The molecule has 5 nitrogen and oxygen atoms in total. The summed E-state index contributed by atoms with van der Waals surface area (Å²) in [5, 5.41) is 7.91. The first-order valence-electron chi connectivity index (χ1n) is 5.72. The van der Waals surface area contributed by atoms with Crippen LogP contribution in [0.25, 0.3) is 10.9 Å². The standard InChI is InChI=1S/C12H14N4O/c13-5-8-4-12(17)16(7-8)11-3-1-2-10-9(11)6-14-15-10/h1-3,6,8H,4-5,7,13H2,(H,14,15). The monoisotopic (exact) mass is 230 g/mol. The fourth-order valence-corrected chi connectivity index (χ4v) is 2.36. The molecular formula is C12H14N4O. The second-order valence-corrected chi connectivity index (χ2v) is 4.42. The van der Waals surface area contributed by atoms with Crippen molar-refractivity contribution in [1.29, 1.82) is 0 Å². The Balaban J connectivity index is 2.04. The largest absolute Gasteiger partial charge is 0.330 e. The van der Waals surface area contributed by atoms with Crippen LogP contribution in [0.2, 0.25) is 0 Å². The predicted octanol–water partition coefficient (Wildman–Crippen LogP) is 0.874. The Hall–Kier alpha value is -1.88. The average molecular weight is 230 g/mol. The summed E-state index contributed by atoms with van der Waals surface area (Å²) >= 11 is 0. The number of H-pyrrole nitrogens is 1. The van der Waals surface area contributed by atoms with E-state index in [9.17, 15) is 4.79 Å². The van der Waals surface area contributed by atoms with E-state index >= 15 is 0 Å². The highest BCUT2D eigenvalue weighted by molar-refractivity contribution is 6.03. The minimum atomic E-state index is 0.147. The normalized spacial score (nSPS) is 20.4. The van der Waals surface area contributed by atoms with Crippen molar-refractivity contribution in [2.45, 2.75) is 6.42 Å². The number of amides is 1. The van der Waals surface area contributed by atoms with Crippen molar-refractivity contribution in [3.8, 4) is 0 Å². The van der Waals surface area contributed by atoms with E-state index in [4.69, 9.17) is 5.73 Å². The molecule has 1 aromatic heterocycles. The quantitative estimate of drug-likeness (QED) is 0.804. The zero-order chi connectivity index (χ0) is 11.8. The van der Waals surface area contributed by atoms with Crippen LogP contribution < -0.4 is 10.6 Å². The van der Waals surface area contributed by atoms with Gasteiger partial charge in [-0.1, -0.05) is 6.07 Å². The third kappa shape index (κ3) is 1.59. The smallest absolute Gasteiger partial charge is 0.227 e. The van der Waals surface area contributed by atoms with Crippen LogP contribution in [0.1, 0.15) is 6.42 Å². The molecular weight excluding hydrogens is 216 g/mol. The van der Waals surface area contributed by atoms with Crippen LogP contribution in [0.15, 0.2) is 24.4 Å². The van der Waals surface area contributed by atoms with E-state index in [-0.39, 0.29) is 11.8 Å². The first kappa shape index (κ1) is 10.3. The number of carbonyl (C=O) groups excluding carboxylic acids is 1.